The van der Waals surface area contributed by atoms with Gasteiger partial charge in [0.25, 0.3) is 0 Å². The van der Waals surface area contributed by atoms with Crippen molar-refractivity contribution >= 4 is 28.2 Å². The van der Waals surface area contributed by atoms with Crippen LogP contribution in [-0.2, 0) is 4.74 Å². The van der Waals surface area contributed by atoms with Gasteiger partial charge in [0.15, 0.2) is 0 Å². The highest BCUT2D eigenvalue weighted by molar-refractivity contribution is 6.36. The van der Waals surface area contributed by atoms with Crippen molar-refractivity contribution in [3.05, 3.63) is 35.0 Å². The SMILES string of the molecule is COCCN1CCN(c2c(C(C)N)cc(Cl)c3cccnc23)CC1. The highest BCUT2D eigenvalue weighted by atomic mass is 35.5. The maximum absolute atomic E-state index is 6.46. The summed E-state index contributed by atoms with van der Waals surface area (Å²) in [6.45, 7) is 7.68. The molecule has 1 aliphatic rings. The molecule has 2 N–H and O–H groups in total. The number of benzene rings is 1. The standard InChI is InChI=1S/C18H25ClN4O/c1-13(20)15-12-16(19)14-4-3-5-21-17(14)18(15)23-8-6-22(7-9-23)10-11-24-2/h3-5,12-13H,6-11,20H2,1-2H3. The smallest absolute Gasteiger partial charge is 0.0953 e. The number of nitrogens with two attached hydrogens (primary N) is 1. The predicted molar refractivity (Wildman–Crippen MR) is 99.9 cm³/mol. The maximum Gasteiger partial charge on any atom is 0.0953 e. The second-order valence-corrected chi connectivity index (χ2v) is 6.71. The summed E-state index contributed by atoms with van der Waals surface area (Å²) in [5, 5.41) is 1.70. The fourth-order valence-corrected chi connectivity index (χ4v) is 3.57. The molecule has 130 valence electrons. The lowest BCUT2D eigenvalue weighted by molar-refractivity contribution is 0.144. The van der Waals surface area contributed by atoms with E-state index in [4.69, 9.17) is 22.1 Å². The third kappa shape index (κ3) is 3.49. The van der Waals surface area contributed by atoms with Crippen molar-refractivity contribution in [1.29, 1.82) is 0 Å². The monoisotopic (exact) mass is 348 g/mol. The molecule has 6 heteroatoms. The van der Waals surface area contributed by atoms with Gasteiger partial charge in [-0.1, -0.05) is 11.6 Å². The third-order valence-corrected chi connectivity index (χ3v) is 4.95. The number of fused-ring (bicyclic) bond motifs is 1. The van der Waals surface area contributed by atoms with E-state index in [0.717, 1.165) is 61.5 Å². The van der Waals surface area contributed by atoms with E-state index in [1.165, 1.54) is 0 Å². The lowest BCUT2D eigenvalue weighted by Crippen LogP contribution is -2.47. The van der Waals surface area contributed by atoms with Crippen LogP contribution in [-0.4, -0.2) is 56.3 Å². The number of ether oxygens (including phenoxy) is 1. The van der Waals surface area contributed by atoms with Gasteiger partial charge in [0, 0.05) is 57.5 Å². The van der Waals surface area contributed by atoms with E-state index in [1.807, 2.05) is 31.3 Å². The van der Waals surface area contributed by atoms with Crippen molar-refractivity contribution in [2.24, 2.45) is 5.73 Å². The number of pyridine rings is 1. The quantitative estimate of drug-likeness (QED) is 0.900. The minimum absolute atomic E-state index is 0.0876. The number of halogens is 1. The normalized spacial score (nSPS) is 17.4. The van der Waals surface area contributed by atoms with Crippen molar-refractivity contribution in [1.82, 2.24) is 9.88 Å². The van der Waals surface area contributed by atoms with Crippen LogP contribution in [0.1, 0.15) is 18.5 Å². The van der Waals surface area contributed by atoms with Crippen LogP contribution in [0, 0.1) is 0 Å². The first-order valence-electron chi connectivity index (χ1n) is 8.40. The van der Waals surface area contributed by atoms with Crippen LogP contribution < -0.4 is 10.6 Å². The molecule has 0 aliphatic carbocycles. The second-order valence-electron chi connectivity index (χ2n) is 6.31. The average molecular weight is 349 g/mol. The highest BCUT2D eigenvalue weighted by Gasteiger charge is 2.23. The van der Waals surface area contributed by atoms with Gasteiger partial charge in [-0.3, -0.25) is 9.88 Å². The van der Waals surface area contributed by atoms with Gasteiger partial charge in [0.2, 0.25) is 0 Å². The second kappa shape index (κ2) is 7.66. The van der Waals surface area contributed by atoms with Crippen molar-refractivity contribution in [3.8, 4) is 0 Å². The summed E-state index contributed by atoms with van der Waals surface area (Å²) in [5.74, 6) is 0. The van der Waals surface area contributed by atoms with Gasteiger partial charge in [-0.15, -0.1) is 0 Å². The number of piperazine rings is 1. The first-order chi connectivity index (χ1) is 11.6. The lowest BCUT2D eigenvalue weighted by atomic mass is 10.0. The van der Waals surface area contributed by atoms with Crippen molar-refractivity contribution in [2.75, 3.05) is 51.3 Å². The largest absolute Gasteiger partial charge is 0.383 e. The summed E-state index contributed by atoms with van der Waals surface area (Å²) in [5.41, 5.74) is 9.38. The van der Waals surface area contributed by atoms with Gasteiger partial charge in [-0.25, -0.2) is 0 Å². The molecule has 1 fully saturated rings. The van der Waals surface area contributed by atoms with Gasteiger partial charge in [0.1, 0.15) is 0 Å². The zero-order valence-corrected chi connectivity index (χ0v) is 15.1. The zero-order valence-electron chi connectivity index (χ0n) is 14.3. The van der Waals surface area contributed by atoms with Gasteiger partial charge in [0.05, 0.1) is 22.8 Å². The molecule has 5 nitrogen and oxygen atoms in total. The summed E-state index contributed by atoms with van der Waals surface area (Å²) < 4.78 is 5.18. The van der Waals surface area contributed by atoms with Crippen LogP contribution in [0.25, 0.3) is 10.9 Å². The predicted octanol–water partition coefficient (Wildman–Crippen LogP) is 2.68. The molecular formula is C18H25ClN4O. The van der Waals surface area contributed by atoms with E-state index < -0.39 is 0 Å². The number of methoxy groups -OCH3 is 1. The molecule has 1 aromatic heterocycles. The highest BCUT2D eigenvalue weighted by Crippen LogP contribution is 2.37. The summed E-state index contributed by atoms with van der Waals surface area (Å²) in [7, 11) is 1.75. The zero-order chi connectivity index (χ0) is 17.1. The van der Waals surface area contributed by atoms with Crippen LogP contribution in [0.4, 0.5) is 5.69 Å². The Balaban J connectivity index is 1.94. The summed E-state index contributed by atoms with van der Waals surface area (Å²) in [6, 6.07) is 5.86. The third-order valence-electron chi connectivity index (χ3n) is 4.64. The average Bonchev–Trinajstić information content (AvgIpc) is 2.60. The molecule has 1 unspecified atom stereocenters. The Morgan fingerprint density at radius 1 is 1.33 bits per heavy atom. The molecule has 0 amide bonds. The van der Waals surface area contributed by atoms with Gasteiger partial charge in [-0.2, -0.15) is 0 Å². The van der Waals surface area contributed by atoms with E-state index in [-0.39, 0.29) is 6.04 Å². The maximum atomic E-state index is 6.46. The van der Waals surface area contributed by atoms with Gasteiger partial charge >= 0.3 is 0 Å². The van der Waals surface area contributed by atoms with Crippen molar-refractivity contribution < 1.29 is 4.74 Å². The fraction of sp³-hybridized carbons (Fsp3) is 0.500. The Labute approximate surface area is 148 Å². The number of hydrogen-bond donors (Lipinski definition) is 1. The van der Waals surface area contributed by atoms with E-state index in [0.29, 0.717) is 5.02 Å². The van der Waals surface area contributed by atoms with E-state index in [2.05, 4.69) is 14.8 Å². The molecular weight excluding hydrogens is 324 g/mol. The van der Waals surface area contributed by atoms with E-state index >= 15 is 0 Å². The first-order valence-corrected chi connectivity index (χ1v) is 8.78. The minimum Gasteiger partial charge on any atom is -0.383 e. The van der Waals surface area contributed by atoms with Crippen molar-refractivity contribution in [3.63, 3.8) is 0 Å². The molecule has 2 heterocycles. The molecule has 3 rings (SSSR count). The number of aromatic nitrogens is 1. The number of hydrogen-bond acceptors (Lipinski definition) is 5. The van der Waals surface area contributed by atoms with E-state index in [9.17, 15) is 0 Å². The fourth-order valence-electron chi connectivity index (χ4n) is 3.30. The summed E-state index contributed by atoms with van der Waals surface area (Å²) in [6.07, 6.45) is 1.82. The molecule has 1 aliphatic heterocycles. The molecule has 2 aromatic rings. The molecule has 0 saturated carbocycles. The molecule has 24 heavy (non-hydrogen) atoms. The van der Waals surface area contributed by atoms with Crippen molar-refractivity contribution in [2.45, 2.75) is 13.0 Å². The molecule has 1 atom stereocenters. The van der Waals surface area contributed by atoms with Crippen LogP contribution >= 0.6 is 11.6 Å². The number of rotatable bonds is 5. The Morgan fingerprint density at radius 3 is 2.75 bits per heavy atom. The van der Waals surface area contributed by atoms with Gasteiger partial charge < -0.3 is 15.4 Å². The Hall–Kier alpha value is -1.40. The van der Waals surface area contributed by atoms with Crippen LogP contribution in [0.15, 0.2) is 24.4 Å². The van der Waals surface area contributed by atoms with E-state index in [1.54, 1.807) is 7.11 Å². The molecule has 0 radical (unpaired) electrons. The first kappa shape index (κ1) is 17.4. The van der Waals surface area contributed by atoms with Crippen LogP contribution in [0.2, 0.25) is 5.02 Å². The number of anilines is 1. The lowest BCUT2D eigenvalue weighted by Gasteiger charge is -2.37. The van der Waals surface area contributed by atoms with Crippen LogP contribution in [0.5, 0.6) is 0 Å². The summed E-state index contributed by atoms with van der Waals surface area (Å²) in [4.78, 5) is 9.44. The Kier molecular flexibility index (Phi) is 5.56. The topological polar surface area (TPSA) is 54.6 Å². The Morgan fingerprint density at radius 2 is 2.08 bits per heavy atom. The molecule has 1 aromatic carbocycles. The molecule has 1 saturated heterocycles. The Bertz CT molecular complexity index is 699. The van der Waals surface area contributed by atoms with Gasteiger partial charge in [-0.05, 0) is 30.7 Å². The summed E-state index contributed by atoms with van der Waals surface area (Å²) >= 11 is 6.46. The molecule has 0 spiro atoms. The minimum atomic E-state index is -0.0876. The van der Waals surface area contributed by atoms with Crippen LogP contribution in [0.3, 0.4) is 0 Å². The number of nitrogens with zero attached hydrogens (tertiary/aromatic N) is 3. The molecule has 0 bridgehead atoms.